The summed E-state index contributed by atoms with van der Waals surface area (Å²) in [4.78, 5) is 50.2. The number of carbonyl (C=O) groups excluding carboxylic acids is 3. The van der Waals surface area contributed by atoms with Crippen LogP contribution in [-0.2, 0) is 46.9 Å². The molecule has 3 aliphatic heterocycles. The van der Waals surface area contributed by atoms with E-state index >= 15 is 0 Å². The first-order valence-electron chi connectivity index (χ1n) is 32.2. The molecule has 13 heteroatoms. The number of Topliss-reactive ketones (excluding diaryl/α,β-unsaturated/α-hetero) is 2. The predicted molar refractivity (Wildman–Crippen MR) is 368 cm³/mol. The molecule has 1 unspecified atom stereocenters. The van der Waals surface area contributed by atoms with Gasteiger partial charge in [-0.15, -0.1) is 11.3 Å². The highest BCUT2D eigenvalue weighted by molar-refractivity contribution is 7.07. The molecule has 1 atom stereocenters. The highest BCUT2D eigenvalue weighted by Gasteiger charge is 2.29. The fourth-order valence-corrected chi connectivity index (χ4v) is 13.2. The molecular formula is C79H83F2N5O5S. The van der Waals surface area contributed by atoms with Crippen molar-refractivity contribution in [1.29, 1.82) is 0 Å². The number of piperidine rings is 3. The van der Waals surface area contributed by atoms with Gasteiger partial charge in [0.1, 0.15) is 29.0 Å². The zero-order chi connectivity index (χ0) is 64.2. The average molecular weight is 1250 g/mol. The van der Waals surface area contributed by atoms with Crippen molar-refractivity contribution in [2.75, 3.05) is 51.1 Å². The molecule has 474 valence electrons. The number of rotatable bonds is 19. The van der Waals surface area contributed by atoms with Crippen LogP contribution in [0.15, 0.2) is 205 Å². The Balaban J connectivity index is 0.000000151. The maximum atomic E-state index is 14.3. The number of likely N-dealkylation sites (tertiary alicyclic amines) is 3. The van der Waals surface area contributed by atoms with Gasteiger partial charge in [-0.2, -0.15) is 0 Å². The van der Waals surface area contributed by atoms with E-state index in [2.05, 4.69) is 118 Å². The minimum atomic E-state index is -0.275. The number of phenolic OH excluding ortho intramolecular Hbond substituents is 1. The quantitative estimate of drug-likeness (QED) is 0.0725. The molecule has 0 spiro atoms. The van der Waals surface area contributed by atoms with Gasteiger partial charge in [-0.05, 0) is 178 Å². The van der Waals surface area contributed by atoms with Crippen LogP contribution >= 0.6 is 11.3 Å². The maximum Gasteiger partial charge on any atom is 0.228 e. The summed E-state index contributed by atoms with van der Waals surface area (Å²) < 4.78 is 27.2. The van der Waals surface area contributed by atoms with Crippen LogP contribution in [0.25, 0.3) is 39.6 Å². The molecule has 10 nitrogen and oxygen atoms in total. The highest BCUT2D eigenvalue weighted by Crippen LogP contribution is 2.31. The van der Waals surface area contributed by atoms with E-state index in [4.69, 9.17) is 5.11 Å². The normalized spacial score (nSPS) is 15.9. The van der Waals surface area contributed by atoms with Crippen molar-refractivity contribution in [2.24, 2.45) is 17.8 Å². The number of hydrogen-bond acceptors (Lipinski definition) is 10. The Morgan fingerprint density at radius 3 is 1.85 bits per heavy atom. The number of nitrogens with zero attached hydrogens (tertiary/aromatic N) is 4. The molecule has 9 aromatic rings. The summed E-state index contributed by atoms with van der Waals surface area (Å²) in [5, 5.41) is 23.9. The first kappa shape index (κ1) is 66.4. The minimum absolute atomic E-state index is 0.0208. The molecule has 92 heavy (non-hydrogen) atoms. The van der Waals surface area contributed by atoms with Gasteiger partial charge in [0.2, 0.25) is 5.91 Å². The molecule has 0 saturated carbocycles. The molecule has 0 bridgehead atoms. The second-order valence-electron chi connectivity index (χ2n) is 24.7. The number of anilines is 1. The lowest BCUT2D eigenvalue weighted by atomic mass is 9.87. The van der Waals surface area contributed by atoms with E-state index in [0.717, 1.165) is 147 Å². The first-order valence-corrected chi connectivity index (χ1v) is 33.1. The summed E-state index contributed by atoms with van der Waals surface area (Å²) >= 11 is 1.57. The van der Waals surface area contributed by atoms with Crippen molar-refractivity contribution < 1.29 is 33.4 Å². The summed E-state index contributed by atoms with van der Waals surface area (Å²) in [5.41, 5.74) is 17.2. The van der Waals surface area contributed by atoms with Crippen LogP contribution in [0, 0.1) is 43.2 Å². The molecule has 3 saturated heterocycles. The van der Waals surface area contributed by atoms with E-state index in [1.165, 1.54) is 34.9 Å². The number of thiazole rings is 1. The topological polar surface area (TPSA) is 126 Å². The number of phenols is 1. The van der Waals surface area contributed by atoms with Crippen molar-refractivity contribution in [3.05, 3.63) is 261 Å². The summed E-state index contributed by atoms with van der Waals surface area (Å²) in [7, 11) is 0. The Labute approximate surface area is 545 Å². The average Bonchev–Trinajstić information content (AvgIpc) is 1.54. The maximum absolute atomic E-state index is 14.3. The van der Waals surface area contributed by atoms with Crippen molar-refractivity contribution in [1.82, 2.24) is 19.7 Å². The van der Waals surface area contributed by atoms with Crippen molar-refractivity contribution in [3.63, 3.8) is 0 Å². The van der Waals surface area contributed by atoms with Crippen molar-refractivity contribution >= 4 is 40.6 Å². The number of benzene rings is 8. The zero-order valence-electron chi connectivity index (χ0n) is 52.7. The van der Waals surface area contributed by atoms with Gasteiger partial charge >= 0.3 is 0 Å². The van der Waals surface area contributed by atoms with Crippen molar-refractivity contribution in [3.8, 4) is 39.3 Å². The zero-order valence-corrected chi connectivity index (χ0v) is 53.6. The fraction of sp³-hybridized carbons (Fsp3) is 0.291. The molecule has 4 heterocycles. The lowest BCUT2D eigenvalue weighted by molar-refractivity contribution is -0.124. The van der Waals surface area contributed by atoms with Gasteiger partial charge in [0.25, 0.3) is 0 Å². The van der Waals surface area contributed by atoms with Gasteiger partial charge in [0, 0.05) is 73.1 Å². The van der Waals surface area contributed by atoms with Crippen LogP contribution in [0.3, 0.4) is 0 Å². The number of nitrogens with one attached hydrogen (secondary N) is 1. The SMILES string of the molecule is Cc1cccc(-c2ccc(NC(=O)C3CCCN(Cc4cccc(O)c4)C3)cc2)c1.Cc1cccc(-c2ccccc2CC(=O)C2CCN(Cc3ccc(CO)cc3F)CC2)c1.O=C(Cc1ccccc1-c1cscn1)C1CCN(C/C=C/c2ccc(F)cc2)CC1. The van der Waals surface area contributed by atoms with Crippen molar-refractivity contribution in [2.45, 2.75) is 84.9 Å². The molecule has 1 amide bonds. The molecule has 1 aromatic heterocycles. The van der Waals surface area contributed by atoms with Crippen LogP contribution in [0.1, 0.15) is 83.0 Å². The van der Waals surface area contributed by atoms with Gasteiger partial charge in [-0.3, -0.25) is 29.1 Å². The van der Waals surface area contributed by atoms with E-state index in [0.29, 0.717) is 42.1 Å². The van der Waals surface area contributed by atoms with E-state index < -0.39 is 0 Å². The van der Waals surface area contributed by atoms with Crippen LogP contribution in [0.4, 0.5) is 14.5 Å². The number of ketones is 2. The Bertz CT molecular complexity index is 3900. The number of halogens is 2. The van der Waals surface area contributed by atoms with Gasteiger partial charge in [-0.25, -0.2) is 13.8 Å². The molecular weight excluding hydrogens is 1170 g/mol. The molecule has 0 radical (unpaired) electrons. The fourth-order valence-electron chi connectivity index (χ4n) is 12.7. The molecule has 8 aromatic carbocycles. The summed E-state index contributed by atoms with van der Waals surface area (Å²) in [5.74, 6) is 0.668. The minimum Gasteiger partial charge on any atom is -0.508 e. The standard InChI is InChI=1S/C28H30FNO2.C26H28N2O2.C25H25FN2OS/c1-20-5-4-7-23(15-20)26-8-3-2-6-24(26)17-28(32)22-11-13-30(14-12-22)18-25-10-9-21(19-31)16-27(25)29;1-19-5-2-7-22(15-19)21-10-12-24(13-11-21)27-26(30)23-8-4-14-28(18-23)17-20-6-3-9-25(29)16-20;26-22-9-7-19(8-10-22)4-3-13-28-14-11-20(12-15-28)25(29)16-21-5-1-2-6-23(21)24-17-30-18-27-24/h2-10,15-16,22,31H,11-14,17-19H2,1H3;2-3,5-7,9-13,15-16,23,29H,4,8,14,17-18H2,1H3,(H,27,30);1-10,17-18,20H,11-16H2/b;;4-3+. The Morgan fingerprint density at radius 2 is 1.21 bits per heavy atom. The third kappa shape index (κ3) is 19.3. The van der Waals surface area contributed by atoms with E-state index in [9.17, 15) is 28.3 Å². The van der Waals surface area contributed by atoms with Crippen LogP contribution in [0.2, 0.25) is 0 Å². The highest BCUT2D eigenvalue weighted by atomic mass is 32.1. The van der Waals surface area contributed by atoms with Gasteiger partial charge in [-0.1, -0.05) is 169 Å². The van der Waals surface area contributed by atoms with Gasteiger partial charge in [0.15, 0.2) is 0 Å². The van der Waals surface area contributed by atoms with E-state index in [1.807, 2.05) is 77.6 Å². The summed E-state index contributed by atoms with van der Waals surface area (Å²) in [6.45, 7) is 11.3. The summed E-state index contributed by atoms with van der Waals surface area (Å²) in [6.07, 6.45) is 10.4. The molecule has 12 rings (SSSR count). The van der Waals surface area contributed by atoms with Crippen LogP contribution < -0.4 is 5.32 Å². The molecule has 3 N–H and O–H groups in total. The Kier molecular flexibility index (Phi) is 23.9. The molecule has 3 fully saturated rings. The number of aliphatic hydroxyl groups excluding tert-OH is 1. The lowest BCUT2D eigenvalue weighted by Crippen LogP contribution is -2.40. The number of aromatic hydroxyl groups is 1. The monoisotopic (exact) mass is 1250 g/mol. The number of aryl methyl sites for hydroxylation is 2. The Morgan fingerprint density at radius 1 is 0.576 bits per heavy atom. The largest absolute Gasteiger partial charge is 0.508 e. The molecule has 3 aliphatic rings. The second-order valence-corrected chi connectivity index (χ2v) is 25.4. The first-order chi connectivity index (χ1) is 44.8. The summed E-state index contributed by atoms with van der Waals surface area (Å²) in [6, 6.07) is 59.9. The molecule has 0 aliphatic carbocycles. The van der Waals surface area contributed by atoms with E-state index in [1.54, 1.807) is 47.7 Å². The van der Waals surface area contributed by atoms with Gasteiger partial charge < -0.3 is 15.5 Å². The number of aromatic nitrogens is 1. The van der Waals surface area contributed by atoms with E-state index in [-0.39, 0.29) is 47.7 Å². The second kappa shape index (κ2) is 33.1. The third-order valence-electron chi connectivity index (χ3n) is 17.8. The third-order valence-corrected chi connectivity index (χ3v) is 18.4. The van der Waals surface area contributed by atoms with Crippen LogP contribution in [0.5, 0.6) is 5.75 Å². The lowest BCUT2D eigenvalue weighted by Gasteiger charge is -2.32. The predicted octanol–water partition coefficient (Wildman–Crippen LogP) is 16.0. The van der Waals surface area contributed by atoms with Gasteiger partial charge in [0.05, 0.1) is 23.7 Å². The number of carbonyl (C=O) groups is 3. The Hall–Kier alpha value is -8.56. The number of amides is 1. The number of hydrogen-bond donors (Lipinski definition) is 3. The van der Waals surface area contributed by atoms with Crippen LogP contribution in [-0.4, -0.2) is 93.2 Å². The smallest absolute Gasteiger partial charge is 0.228 e. The number of aliphatic hydroxyl groups is 1.